The van der Waals surface area contributed by atoms with Gasteiger partial charge in [0.2, 0.25) is 9.04 Å². The van der Waals surface area contributed by atoms with Crippen LogP contribution in [0.1, 0.15) is 72.6 Å². The quantitative estimate of drug-likeness (QED) is 0.267. The fraction of sp³-hybridized carbons (Fsp3) is 0.833. The van der Waals surface area contributed by atoms with E-state index in [1.54, 1.807) is 0 Å². The lowest BCUT2D eigenvalue weighted by molar-refractivity contribution is 0.129. The molecule has 2 heteroatoms. The second kappa shape index (κ2) is 11.4. The molecule has 0 aromatic heterocycles. The van der Waals surface area contributed by atoms with Gasteiger partial charge in [0.15, 0.2) is 0 Å². The Kier molecular flexibility index (Phi) is 11.2. The third-order valence-electron chi connectivity index (χ3n) is 3.28. The van der Waals surface area contributed by atoms with Crippen molar-refractivity contribution in [2.45, 2.75) is 91.8 Å². The van der Waals surface area contributed by atoms with Crippen molar-refractivity contribution in [3.8, 4) is 0 Å². The summed E-state index contributed by atoms with van der Waals surface area (Å²) in [6.45, 7) is 13.3. The fourth-order valence-corrected chi connectivity index (χ4v) is 2.91. The van der Waals surface area contributed by atoms with Crippen molar-refractivity contribution in [2.75, 3.05) is 0 Å². The maximum atomic E-state index is 6.05. The van der Waals surface area contributed by atoms with Gasteiger partial charge in [0.05, 0.1) is 6.10 Å². The van der Waals surface area contributed by atoms with Crippen LogP contribution in [-0.4, -0.2) is 15.1 Å². The Balaban J connectivity index is 4.00. The summed E-state index contributed by atoms with van der Waals surface area (Å²) in [7, 11) is -0.660. The van der Waals surface area contributed by atoms with Gasteiger partial charge < -0.3 is 4.43 Å². The molecule has 0 aliphatic rings. The van der Waals surface area contributed by atoms with Crippen molar-refractivity contribution in [1.82, 2.24) is 0 Å². The highest BCUT2D eigenvalue weighted by molar-refractivity contribution is 6.48. The van der Waals surface area contributed by atoms with Gasteiger partial charge >= 0.3 is 0 Å². The van der Waals surface area contributed by atoms with Crippen molar-refractivity contribution in [3.05, 3.63) is 17.9 Å². The van der Waals surface area contributed by atoms with E-state index in [0.29, 0.717) is 0 Å². The predicted octanol–water partition coefficient (Wildman–Crippen LogP) is 6.13. The van der Waals surface area contributed by atoms with Crippen molar-refractivity contribution >= 4 is 9.04 Å². The Morgan fingerprint density at radius 3 is 2.20 bits per heavy atom. The molecule has 1 unspecified atom stereocenters. The van der Waals surface area contributed by atoms with E-state index in [-0.39, 0.29) is 11.5 Å². The molecule has 0 aromatic carbocycles. The third-order valence-corrected chi connectivity index (χ3v) is 4.01. The molecule has 1 radical (unpaired) electrons. The molecule has 0 rings (SSSR count). The van der Waals surface area contributed by atoms with Crippen LogP contribution in [0.4, 0.5) is 0 Å². The largest absolute Gasteiger partial charge is 0.410 e. The summed E-state index contributed by atoms with van der Waals surface area (Å²) >= 11 is 0. The highest BCUT2D eigenvalue weighted by Crippen LogP contribution is 2.23. The van der Waals surface area contributed by atoms with Crippen LogP contribution in [0.2, 0.25) is 13.1 Å². The molecule has 20 heavy (non-hydrogen) atoms. The highest BCUT2D eigenvalue weighted by atomic mass is 28.3. The average molecular weight is 296 g/mol. The summed E-state index contributed by atoms with van der Waals surface area (Å²) < 4.78 is 6.05. The molecule has 0 amide bonds. The van der Waals surface area contributed by atoms with Crippen LogP contribution in [0.25, 0.3) is 0 Å². The number of hydrogen-bond acceptors (Lipinski definition) is 1. The molecule has 1 nitrogen and oxygen atoms in total. The van der Waals surface area contributed by atoms with Gasteiger partial charge in [0, 0.05) is 0 Å². The van der Waals surface area contributed by atoms with E-state index < -0.39 is 9.04 Å². The van der Waals surface area contributed by atoms with Crippen LogP contribution in [0.15, 0.2) is 17.9 Å². The van der Waals surface area contributed by atoms with Crippen molar-refractivity contribution in [2.24, 2.45) is 5.41 Å². The van der Waals surface area contributed by atoms with Gasteiger partial charge in [-0.25, -0.2) is 0 Å². The first kappa shape index (κ1) is 19.7. The molecule has 0 bridgehead atoms. The molecule has 0 aromatic rings. The molecule has 0 N–H and O–H groups in total. The Bertz CT molecular complexity index is 282. The summed E-state index contributed by atoms with van der Waals surface area (Å²) in [6.07, 6.45) is 13.8. The fourth-order valence-electron chi connectivity index (χ4n) is 1.98. The van der Waals surface area contributed by atoms with E-state index in [9.17, 15) is 0 Å². The molecular weight excluding hydrogens is 260 g/mol. The van der Waals surface area contributed by atoms with E-state index in [2.05, 4.69) is 58.7 Å². The molecule has 0 saturated heterocycles. The first-order chi connectivity index (χ1) is 9.38. The summed E-state index contributed by atoms with van der Waals surface area (Å²) in [4.78, 5) is 0. The van der Waals surface area contributed by atoms with Crippen LogP contribution in [-0.2, 0) is 4.43 Å². The third kappa shape index (κ3) is 11.5. The van der Waals surface area contributed by atoms with Crippen molar-refractivity contribution < 1.29 is 4.43 Å². The molecule has 117 valence electrons. The first-order valence-corrected chi connectivity index (χ1v) is 10.7. The van der Waals surface area contributed by atoms with Gasteiger partial charge in [-0.3, -0.25) is 0 Å². The molecular formula is C18H35OSi. The first-order valence-electron chi connectivity index (χ1n) is 8.25. The number of unbranched alkanes of at least 4 members (excludes halogenated alkanes) is 6. The average Bonchev–Trinajstić information content (AvgIpc) is 2.33. The van der Waals surface area contributed by atoms with Crippen molar-refractivity contribution in [1.29, 1.82) is 0 Å². The lowest BCUT2D eigenvalue weighted by Gasteiger charge is -2.29. The zero-order valence-electron chi connectivity index (χ0n) is 14.6. The lowest BCUT2D eigenvalue weighted by Crippen LogP contribution is -2.31. The van der Waals surface area contributed by atoms with Crippen LogP contribution < -0.4 is 0 Å². The zero-order chi connectivity index (χ0) is 15.4. The Morgan fingerprint density at radius 1 is 1.05 bits per heavy atom. The van der Waals surface area contributed by atoms with Gasteiger partial charge in [-0.05, 0) is 43.5 Å². The van der Waals surface area contributed by atoms with Gasteiger partial charge in [-0.15, -0.1) is 5.73 Å². The minimum atomic E-state index is -0.660. The molecule has 0 spiro atoms. The summed E-state index contributed by atoms with van der Waals surface area (Å²) in [6, 6.07) is 0. The van der Waals surface area contributed by atoms with E-state index in [0.717, 1.165) is 6.42 Å². The highest BCUT2D eigenvalue weighted by Gasteiger charge is 2.23. The van der Waals surface area contributed by atoms with Crippen molar-refractivity contribution in [3.63, 3.8) is 0 Å². The van der Waals surface area contributed by atoms with Gasteiger partial charge in [0.1, 0.15) is 0 Å². The van der Waals surface area contributed by atoms with E-state index in [1.165, 1.54) is 38.5 Å². The predicted molar refractivity (Wildman–Crippen MR) is 92.5 cm³/mol. The molecule has 1 atom stereocenters. The maximum Gasteiger partial charge on any atom is 0.205 e. The second-order valence-electron chi connectivity index (χ2n) is 6.91. The summed E-state index contributed by atoms with van der Waals surface area (Å²) in [5.74, 6) is 0. The summed E-state index contributed by atoms with van der Waals surface area (Å²) in [5, 5.41) is 0. The van der Waals surface area contributed by atoms with Gasteiger partial charge in [0.25, 0.3) is 0 Å². The molecule has 0 saturated carbocycles. The Morgan fingerprint density at radius 2 is 1.65 bits per heavy atom. The van der Waals surface area contributed by atoms with Crippen LogP contribution in [0.3, 0.4) is 0 Å². The Labute approximate surface area is 129 Å². The SMILES string of the molecule is CCCCCCCCC=C=CC(O[Si](C)C)C(C)(C)C. The smallest absolute Gasteiger partial charge is 0.205 e. The minimum absolute atomic E-state index is 0.156. The number of hydrogen-bond donors (Lipinski definition) is 0. The topological polar surface area (TPSA) is 9.23 Å². The van der Waals surface area contributed by atoms with Crippen LogP contribution >= 0.6 is 0 Å². The van der Waals surface area contributed by atoms with E-state index >= 15 is 0 Å². The number of rotatable bonds is 10. The molecule has 0 aliphatic heterocycles. The minimum Gasteiger partial charge on any atom is -0.410 e. The van der Waals surface area contributed by atoms with Crippen LogP contribution in [0, 0.1) is 5.41 Å². The molecule has 0 heterocycles. The van der Waals surface area contributed by atoms with Crippen LogP contribution in [0.5, 0.6) is 0 Å². The normalized spacial score (nSPS) is 13.2. The zero-order valence-corrected chi connectivity index (χ0v) is 15.6. The lowest BCUT2D eigenvalue weighted by atomic mass is 9.89. The van der Waals surface area contributed by atoms with E-state index in [4.69, 9.17) is 4.43 Å². The van der Waals surface area contributed by atoms with Gasteiger partial charge in [-0.1, -0.05) is 59.8 Å². The monoisotopic (exact) mass is 295 g/mol. The Hall–Kier alpha value is -0.303. The molecule has 0 aliphatic carbocycles. The standard InChI is InChI=1S/C18H35OSi/c1-7-8-9-10-11-12-13-14-15-16-17(18(2,3)4)19-20(5)6/h14,16-17H,7-13H2,1-6H3. The summed E-state index contributed by atoms with van der Waals surface area (Å²) in [5.41, 5.74) is 3.50. The van der Waals surface area contributed by atoms with E-state index in [1.807, 2.05) is 0 Å². The maximum absolute atomic E-state index is 6.05. The molecule has 0 fully saturated rings. The van der Waals surface area contributed by atoms with Gasteiger partial charge in [-0.2, -0.15) is 0 Å². The second-order valence-corrected chi connectivity index (χ2v) is 8.96.